The molecule has 1 aliphatic rings. The highest BCUT2D eigenvalue weighted by Crippen LogP contribution is 2.41. The number of allylic oxidation sites excluding steroid dienone is 1. The largest absolute Gasteiger partial charge is 0.511 e. The minimum absolute atomic E-state index is 0.0477. The molecule has 0 aromatic heterocycles. The van der Waals surface area contributed by atoms with E-state index in [1.807, 2.05) is 0 Å². The lowest BCUT2D eigenvalue weighted by Gasteiger charge is -2.22. The van der Waals surface area contributed by atoms with Crippen molar-refractivity contribution in [2.75, 3.05) is 21.3 Å². The van der Waals surface area contributed by atoms with E-state index in [4.69, 9.17) is 14.2 Å². The Morgan fingerprint density at radius 2 is 1.89 bits per heavy atom. The first-order chi connectivity index (χ1) is 9.13. The van der Waals surface area contributed by atoms with E-state index in [0.29, 0.717) is 29.9 Å². The van der Waals surface area contributed by atoms with Crippen LogP contribution in [0.25, 0.3) is 5.57 Å². The number of benzene rings is 1. The molecule has 0 spiro atoms. The zero-order chi connectivity index (χ0) is 14.0. The van der Waals surface area contributed by atoms with Crippen molar-refractivity contribution < 1.29 is 24.1 Å². The van der Waals surface area contributed by atoms with Crippen LogP contribution >= 0.6 is 0 Å². The molecule has 5 heteroatoms. The van der Waals surface area contributed by atoms with Crippen LogP contribution in [0.4, 0.5) is 0 Å². The predicted molar refractivity (Wildman–Crippen MR) is 69.4 cm³/mol. The lowest BCUT2D eigenvalue weighted by Crippen LogP contribution is -2.14. The number of methoxy groups -OCH3 is 3. The number of aliphatic hydroxyl groups excluding tert-OH is 1. The Morgan fingerprint density at radius 3 is 2.47 bits per heavy atom. The summed E-state index contributed by atoms with van der Waals surface area (Å²) < 4.78 is 15.3. The van der Waals surface area contributed by atoms with Gasteiger partial charge in [0.15, 0.2) is 11.5 Å². The van der Waals surface area contributed by atoms with Gasteiger partial charge in [-0.15, -0.1) is 0 Å². The summed E-state index contributed by atoms with van der Waals surface area (Å²) in [6.45, 7) is 0. The Bertz CT molecular complexity index is 545. The molecule has 1 aliphatic carbocycles. The molecule has 0 unspecified atom stereocenters. The van der Waals surface area contributed by atoms with Crippen LogP contribution in [0.2, 0.25) is 0 Å². The number of ether oxygens (including phenoxy) is 3. The molecular formula is C14H16O5. The smallest absolute Gasteiger partial charge is 0.341 e. The van der Waals surface area contributed by atoms with Gasteiger partial charge < -0.3 is 19.3 Å². The SMILES string of the molecule is COC(=O)C1=C(O)CCc2c1ccc(OC)c2OC. The Labute approximate surface area is 111 Å². The van der Waals surface area contributed by atoms with Gasteiger partial charge in [-0.2, -0.15) is 0 Å². The summed E-state index contributed by atoms with van der Waals surface area (Å²) in [5.41, 5.74) is 1.68. The van der Waals surface area contributed by atoms with Crippen molar-refractivity contribution in [1.29, 1.82) is 0 Å². The fourth-order valence-corrected chi connectivity index (χ4v) is 2.33. The third kappa shape index (κ3) is 2.12. The summed E-state index contributed by atoms with van der Waals surface area (Å²) in [6.07, 6.45) is 0.961. The molecule has 2 rings (SSSR count). The first kappa shape index (κ1) is 13.3. The topological polar surface area (TPSA) is 65.0 Å². The molecule has 102 valence electrons. The van der Waals surface area contributed by atoms with Crippen molar-refractivity contribution in [2.45, 2.75) is 12.8 Å². The van der Waals surface area contributed by atoms with Crippen LogP contribution in [-0.2, 0) is 16.0 Å². The molecule has 0 radical (unpaired) electrons. The second kappa shape index (κ2) is 5.22. The highest BCUT2D eigenvalue weighted by Gasteiger charge is 2.28. The van der Waals surface area contributed by atoms with Gasteiger partial charge in [0.2, 0.25) is 0 Å². The van der Waals surface area contributed by atoms with Gasteiger partial charge in [0, 0.05) is 12.0 Å². The molecule has 0 saturated heterocycles. The molecule has 0 aliphatic heterocycles. The molecule has 1 aromatic rings. The second-order valence-electron chi connectivity index (χ2n) is 4.14. The van der Waals surface area contributed by atoms with Gasteiger partial charge in [-0.25, -0.2) is 4.79 Å². The molecule has 0 bridgehead atoms. The number of aliphatic hydroxyl groups is 1. The quantitative estimate of drug-likeness (QED) is 0.847. The third-order valence-electron chi connectivity index (χ3n) is 3.21. The number of carbonyl (C=O) groups is 1. The van der Waals surface area contributed by atoms with Gasteiger partial charge >= 0.3 is 5.97 Å². The molecule has 5 nitrogen and oxygen atoms in total. The molecule has 1 N–H and O–H groups in total. The second-order valence-corrected chi connectivity index (χ2v) is 4.14. The Hall–Kier alpha value is -2.17. The van der Waals surface area contributed by atoms with Crippen LogP contribution in [0.3, 0.4) is 0 Å². The van der Waals surface area contributed by atoms with E-state index < -0.39 is 5.97 Å². The molecule has 0 heterocycles. The predicted octanol–water partition coefficient (Wildman–Crippen LogP) is 2.09. The van der Waals surface area contributed by atoms with E-state index in [-0.39, 0.29) is 11.3 Å². The lowest BCUT2D eigenvalue weighted by molar-refractivity contribution is -0.133. The summed E-state index contributed by atoms with van der Waals surface area (Å²) in [7, 11) is 4.40. The zero-order valence-corrected chi connectivity index (χ0v) is 11.1. The van der Waals surface area contributed by atoms with E-state index in [2.05, 4.69) is 0 Å². The minimum Gasteiger partial charge on any atom is -0.511 e. The van der Waals surface area contributed by atoms with Crippen molar-refractivity contribution >= 4 is 11.5 Å². The summed E-state index contributed by atoms with van der Waals surface area (Å²) in [5, 5.41) is 9.91. The Balaban J connectivity index is 2.64. The van der Waals surface area contributed by atoms with Crippen LogP contribution in [0.5, 0.6) is 11.5 Å². The Morgan fingerprint density at radius 1 is 1.16 bits per heavy atom. The summed E-state index contributed by atoms with van der Waals surface area (Å²) in [6, 6.07) is 3.44. The standard InChI is InChI=1S/C14H16O5/c1-17-11-7-5-8-9(13(11)18-2)4-6-10(15)12(8)14(16)19-3/h5,7,15H,4,6H2,1-3H3. The maximum Gasteiger partial charge on any atom is 0.341 e. The molecule has 0 fully saturated rings. The van der Waals surface area contributed by atoms with Crippen molar-refractivity contribution in [2.24, 2.45) is 0 Å². The number of carbonyl (C=O) groups excluding carboxylic acids is 1. The molecule has 0 saturated carbocycles. The third-order valence-corrected chi connectivity index (χ3v) is 3.21. The van der Waals surface area contributed by atoms with Crippen LogP contribution < -0.4 is 9.47 Å². The van der Waals surface area contributed by atoms with Gasteiger partial charge in [0.25, 0.3) is 0 Å². The van der Waals surface area contributed by atoms with Gasteiger partial charge in [0.05, 0.1) is 21.3 Å². The molecule has 0 atom stereocenters. The first-order valence-electron chi connectivity index (χ1n) is 5.88. The number of esters is 1. The molecule has 0 amide bonds. The fourth-order valence-electron chi connectivity index (χ4n) is 2.33. The normalized spacial score (nSPS) is 13.8. The van der Waals surface area contributed by atoms with Gasteiger partial charge in [0.1, 0.15) is 11.3 Å². The number of hydrogen-bond acceptors (Lipinski definition) is 5. The number of fused-ring (bicyclic) bond motifs is 1. The molecule has 1 aromatic carbocycles. The van der Waals surface area contributed by atoms with Crippen molar-refractivity contribution in [3.8, 4) is 11.5 Å². The monoisotopic (exact) mass is 264 g/mol. The van der Waals surface area contributed by atoms with Gasteiger partial charge in [-0.3, -0.25) is 0 Å². The van der Waals surface area contributed by atoms with Crippen molar-refractivity contribution in [3.05, 3.63) is 29.0 Å². The van der Waals surface area contributed by atoms with E-state index in [1.54, 1.807) is 26.4 Å². The van der Waals surface area contributed by atoms with Crippen molar-refractivity contribution in [3.63, 3.8) is 0 Å². The maximum atomic E-state index is 11.8. The van der Waals surface area contributed by atoms with Gasteiger partial charge in [-0.05, 0) is 24.1 Å². The summed E-state index contributed by atoms with van der Waals surface area (Å²) in [5.74, 6) is 0.693. The molecular weight excluding hydrogens is 248 g/mol. The summed E-state index contributed by atoms with van der Waals surface area (Å²) >= 11 is 0. The number of rotatable bonds is 3. The summed E-state index contributed by atoms with van der Waals surface area (Å²) in [4.78, 5) is 11.8. The average molecular weight is 264 g/mol. The van der Waals surface area contributed by atoms with E-state index in [1.165, 1.54) is 7.11 Å². The maximum absolute atomic E-state index is 11.8. The van der Waals surface area contributed by atoms with Crippen LogP contribution in [0.15, 0.2) is 17.9 Å². The average Bonchev–Trinajstić information content (AvgIpc) is 2.44. The first-order valence-corrected chi connectivity index (χ1v) is 5.88. The van der Waals surface area contributed by atoms with Crippen LogP contribution in [0.1, 0.15) is 17.5 Å². The highest BCUT2D eigenvalue weighted by atomic mass is 16.5. The fraction of sp³-hybridized carbons (Fsp3) is 0.357. The van der Waals surface area contributed by atoms with Crippen LogP contribution in [-0.4, -0.2) is 32.4 Å². The number of hydrogen-bond donors (Lipinski definition) is 1. The van der Waals surface area contributed by atoms with Crippen LogP contribution in [0, 0.1) is 0 Å². The van der Waals surface area contributed by atoms with Gasteiger partial charge in [-0.1, -0.05) is 0 Å². The van der Waals surface area contributed by atoms with E-state index in [0.717, 1.165) is 5.56 Å². The Kier molecular flexibility index (Phi) is 3.64. The lowest BCUT2D eigenvalue weighted by atomic mass is 9.88. The minimum atomic E-state index is -0.550. The molecule has 19 heavy (non-hydrogen) atoms. The van der Waals surface area contributed by atoms with Crippen molar-refractivity contribution in [1.82, 2.24) is 0 Å². The zero-order valence-electron chi connectivity index (χ0n) is 11.1. The highest BCUT2D eigenvalue weighted by molar-refractivity contribution is 6.18. The van der Waals surface area contributed by atoms with E-state index in [9.17, 15) is 9.90 Å². The van der Waals surface area contributed by atoms with E-state index >= 15 is 0 Å².